The zero-order chi connectivity index (χ0) is 20.0. The summed E-state index contributed by atoms with van der Waals surface area (Å²) < 4.78 is 28.3. The summed E-state index contributed by atoms with van der Waals surface area (Å²) in [5, 5.41) is 0.910. The van der Waals surface area contributed by atoms with E-state index in [0.29, 0.717) is 5.69 Å². The first kappa shape index (κ1) is 17.4. The highest BCUT2D eigenvalue weighted by molar-refractivity contribution is 5.90. The van der Waals surface area contributed by atoms with Crippen LogP contribution in [-0.4, -0.2) is 9.97 Å². The van der Waals surface area contributed by atoms with Crippen LogP contribution in [0, 0.1) is 18.6 Å². The molecule has 4 heteroatoms. The average molecular weight is 384 g/mol. The Morgan fingerprint density at radius 3 is 2.24 bits per heavy atom. The van der Waals surface area contributed by atoms with Crippen LogP contribution < -0.4 is 0 Å². The number of benzene rings is 3. The maximum absolute atomic E-state index is 14.2. The van der Waals surface area contributed by atoms with Crippen LogP contribution in [0.5, 0.6) is 0 Å². The molecule has 2 N–H and O–H groups in total. The zero-order valence-corrected chi connectivity index (χ0v) is 15.8. The van der Waals surface area contributed by atoms with E-state index in [4.69, 9.17) is 0 Å². The van der Waals surface area contributed by atoms with Crippen LogP contribution in [0.4, 0.5) is 8.78 Å². The summed E-state index contributed by atoms with van der Waals surface area (Å²) in [6.45, 7) is 2.09. The van der Waals surface area contributed by atoms with Crippen LogP contribution in [0.3, 0.4) is 0 Å². The van der Waals surface area contributed by atoms with E-state index < -0.39 is 11.6 Å². The lowest BCUT2D eigenvalue weighted by Crippen LogP contribution is -1.89. The Balaban J connectivity index is 1.57. The van der Waals surface area contributed by atoms with Crippen molar-refractivity contribution in [2.24, 2.45) is 0 Å². The van der Waals surface area contributed by atoms with Crippen LogP contribution in [0.2, 0.25) is 0 Å². The zero-order valence-electron chi connectivity index (χ0n) is 15.8. The molecule has 2 aromatic heterocycles. The Bertz CT molecular complexity index is 1310. The Kier molecular flexibility index (Phi) is 4.06. The van der Waals surface area contributed by atoms with Crippen molar-refractivity contribution in [1.29, 1.82) is 0 Å². The second kappa shape index (κ2) is 6.74. The first-order valence-corrected chi connectivity index (χ1v) is 9.42. The molecule has 0 bridgehead atoms. The molecule has 2 nitrogen and oxygen atoms in total. The van der Waals surface area contributed by atoms with Crippen molar-refractivity contribution in [2.45, 2.75) is 6.92 Å². The van der Waals surface area contributed by atoms with Gasteiger partial charge in [0.15, 0.2) is 0 Å². The lowest BCUT2D eigenvalue weighted by molar-refractivity contribution is 0.589. The summed E-state index contributed by atoms with van der Waals surface area (Å²) in [6, 6.07) is 22.1. The van der Waals surface area contributed by atoms with Gasteiger partial charge in [0.05, 0.1) is 11.3 Å². The number of aromatic amines is 2. The van der Waals surface area contributed by atoms with E-state index in [1.165, 1.54) is 18.2 Å². The Morgan fingerprint density at radius 1 is 0.724 bits per heavy atom. The lowest BCUT2D eigenvalue weighted by atomic mass is 9.96. The molecule has 0 aliphatic carbocycles. The van der Waals surface area contributed by atoms with E-state index in [2.05, 4.69) is 35.1 Å². The summed E-state index contributed by atoms with van der Waals surface area (Å²) in [7, 11) is 0. The summed E-state index contributed by atoms with van der Waals surface area (Å²) >= 11 is 0. The Hall–Kier alpha value is -3.66. The SMILES string of the molecule is Cc1cc(-c2ccc[nH]2)ccc1-c1ccc2[nH]c(-c3c(F)cccc3F)cc2c1. The molecule has 2 heterocycles. The van der Waals surface area contributed by atoms with Crippen molar-refractivity contribution in [3.63, 3.8) is 0 Å². The van der Waals surface area contributed by atoms with Gasteiger partial charge in [-0.25, -0.2) is 8.78 Å². The molecule has 0 amide bonds. The molecule has 0 fully saturated rings. The first-order valence-electron chi connectivity index (χ1n) is 9.42. The first-order chi connectivity index (χ1) is 14.1. The fourth-order valence-corrected chi connectivity index (χ4v) is 3.85. The molecule has 0 saturated carbocycles. The van der Waals surface area contributed by atoms with E-state index in [0.717, 1.165) is 38.9 Å². The molecule has 0 saturated heterocycles. The number of hydrogen-bond acceptors (Lipinski definition) is 0. The highest BCUT2D eigenvalue weighted by atomic mass is 19.1. The molecule has 0 aliphatic heterocycles. The van der Waals surface area contributed by atoms with Gasteiger partial charge in [-0.05, 0) is 77.7 Å². The van der Waals surface area contributed by atoms with Gasteiger partial charge in [0, 0.05) is 22.8 Å². The number of aryl methyl sites for hydroxylation is 1. The quantitative estimate of drug-likeness (QED) is 0.333. The third-order valence-electron chi connectivity index (χ3n) is 5.30. The smallest absolute Gasteiger partial charge is 0.135 e. The van der Waals surface area contributed by atoms with E-state index >= 15 is 0 Å². The Morgan fingerprint density at radius 2 is 1.52 bits per heavy atom. The number of rotatable bonds is 3. The normalized spacial score (nSPS) is 11.3. The largest absolute Gasteiger partial charge is 0.361 e. The molecule has 0 aliphatic rings. The van der Waals surface area contributed by atoms with Gasteiger partial charge in [-0.2, -0.15) is 0 Å². The van der Waals surface area contributed by atoms with Gasteiger partial charge in [-0.3, -0.25) is 0 Å². The molecule has 0 unspecified atom stereocenters. The standard InChI is InChI=1S/C25H18F2N2/c1-15-12-17(22-6-3-11-28-22)7-9-19(15)16-8-10-23-18(13-16)14-24(29-23)25-20(26)4-2-5-21(25)27/h2-14,28-29H,1H3. The number of nitrogens with one attached hydrogen (secondary N) is 2. The number of fused-ring (bicyclic) bond motifs is 1. The van der Waals surface area contributed by atoms with Crippen molar-refractivity contribution in [2.75, 3.05) is 0 Å². The van der Waals surface area contributed by atoms with E-state index in [-0.39, 0.29) is 5.56 Å². The van der Waals surface area contributed by atoms with Crippen molar-refractivity contribution in [3.05, 3.63) is 96.2 Å². The highest BCUT2D eigenvalue weighted by Crippen LogP contribution is 2.33. The summed E-state index contributed by atoms with van der Waals surface area (Å²) in [4.78, 5) is 6.36. The van der Waals surface area contributed by atoms with E-state index in [9.17, 15) is 8.78 Å². The highest BCUT2D eigenvalue weighted by Gasteiger charge is 2.14. The third kappa shape index (κ3) is 3.03. The van der Waals surface area contributed by atoms with Gasteiger partial charge in [-0.1, -0.05) is 24.3 Å². The number of hydrogen-bond donors (Lipinski definition) is 2. The molecule has 0 spiro atoms. The van der Waals surface area contributed by atoms with Crippen molar-refractivity contribution < 1.29 is 8.78 Å². The summed E-state index contributed by atoms with van der Waals surface area (Å²) in [6.07, 6.45) is 1.91. The second-order valence-electron chi connectivity index (χ2n) is 7.20. The fourth-order valence-electron chi connectivity index (χ4n) is 3.85. The topological polar surface area (TPSA) is 31.6 Å². The van der Waals surface area contributed by atoms with Crippen LogP contribution >= 0.6 is 0 Å². The van der Waals surface area contributed by atoms with Gasteiger partial charge in [0.2, 0.25) is 0 Å². The fraction of sp³-hybridized carbons (Fsp3) is 0.0400. The minimum absolute atomic E-state index is 0.0308. The number of H-pyrrole nitrogens is 2. The van der Waals surface area contributed by atoms with Gasteiger partial charge in [-0.15, -0.1) is 0 Å². The van der Waals surface area contributed by atoms with Gasteiger partial charge < -0.3 is 9.97 Å². The molecular formula is C25H18F2N2. The van der Waals surface area contributed by atoms with Gasteiger partial charge in [0.25, 0.3) is 0 Å². The predicted octanol–water partition coefficient (Wildman–Crippen LogP) is 7.08. The monoisotopic (exact) mass is 384 g/mol. The van der Waals surface area contributed by atoms with Crippen molar-refractivity contribution in [1.82, 2.24) is 9.97 Å². The molecule has 29 heavy (non-hydrogen) atoms. The van der Waals surface area contributed by atoms with Crippen molar-refractivity contribution in [3.8, 4) is 33.6 Å². The molecule has 5 aromatic rings. The third-order valence-corrected chi connectivity index (χ3v) is 5.30. The molecule has 142 valence electrons. The van der Waals surface area contributed by atoms with Gasteiger partial charge in [0.1, 0.15) is 11.6 Å². The van der Waals surface area contributed by atoms with E-state index in [1.807, 2.05) is 36.5 Å². The van der Waals surface area contributed by atoms with Gasteiger partial charge >= 0.3 is 0 Å². The van der Waals surface area contributed by atoms with E-state index in [1.54, 1.807) is 6.07 Å². The predicted molar refractivity (Wildman–Crippen MR) is 114 cm³/mol. The van der Waals surface area contributed by atoms with Crippen LogP contribution in [-0.2, 0) is 0 Å². The molecule has 0 atom stereocenters. The maximum Gasteiger partial charge on any atom is 0.135 e. The number of halogens is 2. The molecular weight excluding hydrogens is 366 g/mol. The minimum Gasteiger partial charge on any atom is -0.361 e. The lowest BCUT2D eigenvalue weighted by Gasteiger charge is -2.09. The Labute approximate surface area is 166 Å². The second-order valence-corrected chi connectivity index (χ2v) is 7.20. The van der Waals surface area contributed by atoms with Crippen LogP contribution in [0.1, 0.15) is 5.56 Å². The summed E-state index contributed by atoms with van der Waals surface area (Å²) in [5.74, 6) is -1.15. The molecule has 5 rings (SSSR count). The van der Waals surface area contributed by atoms with Crippen molar-refractivity contribution >= 4 is 10.9 Å². The molecule has 3 aromatic carbocycles. The molecule has 0 radical (unpaired) electrons. The van der Waals surface area contributed by atoms with Crippen LogP contribution in [0.25, 0.3) is 44.5 Å². The maximum atomic E-state index is 14.2. The van der Waals surface area contributed by atoms with Crippen LogP contribution in [0.15, 0.2) is 79.0 Å². The number of aromatic nitrogens is 2. The summed E-state index contributed by atoms with van der Waals surface area (Å²) in [5.41, 5.74) is 6.81. The average Bonchev–Trinajstić information content (AvgIpc) is 3.37. The minimum atomic E-state index is -0.576.